The van der Waals surface area contributed by atoms with E-state index in [2.05, 4.69) is 28.0 Å². The monoisotopic (exact) mass is 287 g/mol. The molecule has 0 saturated carbocycles. The summed E-state index contributed by atoms with van der Waals surface area (Å²) in [5, 5.41) is 4.39. The van der Waals surface area contributed by atoms with Gasteiger partial charge in [-0.15, -0.1) is 0 Å². The van der Waals surface area contributed by atoms with Crippen LogP contribution in [0.3, 0.4) is 0 Å². The molecule has 92 valence electrons. The third kappa shape index (κ3) is 3.81. The van der Waals surface area contributed by atoms with Crippen molar-refractivity contribution in [2.24, 2.45) is 0 Å². The lowest BCUT2D eigenvalue weighted by Crippen LogP contribution is -2.04. The average Bonchev–Trinajstić information content (AvgIpc) is 2.51. The third-order valence-corrected chi connectivity index (χ3v) is 3.79. The lowest BCUT2D eigenvalue weighted by atomic mass is 10.1. The van der Waals surface area contributed by atoms with Gasteiger partial charge in [-0.25, -0.2) is 4.68 Å². The summed E-state index contributed by atoms with van der Waals surface area (Å²) in [6.07, 6.45) is 7.78. The van der Waals surface area contributed by atoms with Crippen LogP contribution in [0.2, 0.25) is 0 Å². The summed E-state index contributed by atoms with van der Waals surface area (Å²) in [6.45, 7) is 5.15. The fourth-order valence-electron chi connectivity index (χ4n) is 1.79. The molecule has 0 unspecified atom stereocenters. The molecular formula is C12H22BrN3. The van der Waals surface area contributed by atoms with Crippen LogP contribution in [-0.2, 0) is 6.54 Å². The topological polar surface area (TPSA) is 43.8 Å². The van der Waals surface area contributed by atoms with E-state index in [1.807, 2.05) is 11.6 Å². The number of unbranched alkanes of at least 4 members (excludes halogenated alkanes) is 5. The number of hydrogen-bond donors (Lipinski definition) is 1. The van der Waals surface area contributed by atoms with E-state index in [0.29, 0.717) is 0 Å². The Morgan fingerprint density at radius 1 is 1.19 bits per heavy atom. The minimum Gasteiger partial charge on any atom is -0.383 e. The van der Waals surface area contributed by atoms with Gasteiger partial charge in [0.1, 0.15) is 5.82 Å². The second-order valence-electron chi connectivity index (χ2n) is 4.28. The molecule has 1 aromatic rings. The molecule has 0 atom stereocenters. The summed E-state index contributed by atoms with van der Waals surface area (Å²) < 4.78 is 2.85. The van der Waals surface area contributed by atoms with Crippen LogP contribution in [0, 0.1) is 6.92 Å². The Morgan fingerprint density at radius 3 is 2.38 bits per heavy atom. The van der Waals surface area contributed by atoms with Crippen LogP contribution in [-0.4, -0.2) is 9.78 Å². The van der Waals surface area contributed by atoms with Crippen LogP contribution in [0.15, 0.2) is 4.47 Å². The van der Waals surface area contributed by atoms with Crippen molar-refractivity contribution in [3.05, 3.63) is 10.2 Å². The van der Waals surface area contributed by atoms with E-state index in [0.717, 1.165) is 22.5 Å². The van der Waals surface area contributed by atoms with Crippen molar-refractivity contribution >= 4 is 21.7 Å². The molecule has 0 spiro atoms. The number of nitrogens with two attached hydrogens (primary N) is 1. The van der Waals surface area contributed by atoms with Crippen molar-refractivity contribution in [3.8, 4) is 0 Å². The third-order valence-electron chi connectivity index (χ3n) is 2.81. The van der Waals surface area contributed by atoms with Gasteiger partial charge in [0.25, 0.3) is 0 Å². The molecule has 0 aliphatic rings. The number of hydrogen-bond acceptors (Lipinski definition) is 2. The Hall–Kier alpha value is -0.510. The van der Waals surface area contributed by atoms with Crippen molar-refractivity contribution in [3.63, 3.8) is 0 Å². The normalized spacial score (nSPS) is 10.9. The first-order chi connectivity index (χ1) is 7.66. The highest BCUT2D eigenvalue weighted by Gasteiger charge is 2.08. The van der Waals surface area contributed by atoms with Gasteiger partial charge in [0, 0.05) is 6.54 Å². The van der Waals surface area contributed by atoms with Crippen LogP contribution >= 0.6 is 15.9 Å². The van der Waals surface area contributed by atoms with E-state index >= 15 is 0 Å². The number of rotatable bonds is 7. The van der Waals surface area contributed by atoms with E-state index in [9.17, 15) is 0 Å². The molecule has 1 heterocycles. The number of aryl methyl sites for hydroxylation is 2. The first-order valence-corrected chi connectivity index (χ1v) is 6.94. The second-order valence-corrected chi connectivity index (χ2v) is 5.07. The van der Waals surface area contributed by atoms with E-state index in [1.165, 1.54) is 38.5 Å². The van der Waals surface area contributed by atoms with Crippen molar-refractivity contribution < 1.29 is 0 Å². The predicted molar refractivity (Wildman–Crippen MR) is 72.5 cm³/mol. The zero-order chi connectivity index (χ0) is 12.0. The maximum Gasteiger partial charge on any atom is 0.136 e. The molecule has 2 N–H and O–H groups in total. The van der Waals surface area contributed by atoms with Crippen LogP contribution < -0.4 is 5.73 Å². The molecular weight excluding hydrogens is 266 g/mol. The Morgan fingerprint density at radius 2 is 1.81 bits per heavy atom. The van der Waals surface area contributed by atoms with E-state index in [-0.39, 0.29) is 0 Å². The van der Waals surface area contributed by atoms with Crippen molar-refractivity contribution in [2.45, 2.75) is 58.9 Å². The first-order valence-electron chi connectivity index (χ1n) is 6.15. The molecule has 4 heteroatoms. The van der Waals surface area contributed by atoms with Crippen molar-refractivity contribution in [1.29, 1.82) is 0 Å². The van der Waals surface area contributed by atoms with Gasteiger partial charge in [-0.2, -0.15) is 5.10 Å². The standard InChI is InChI=1S/C12H22BrN3/c1-3-4-5-6-7-8-9-16-12(14)11(13)10(2)15-16/h3-9,14H2,1-2H3. The summed E-state index contributed by atoms with van der Waals surface area (Å²) in [5.74, 6) is 0.756. The summed E-state index contributed by atoms with van der Waals surface area (Å²) in [6, 6.07) is 0. The van der Waals surface area contributed by atoms with Gasteiger partial charge in [-0.1, -0.05) is 39.0 Å². The van der Waals surface area contributed by atoms with Gasteiger partial charge in [-0.3, -0.25) is 0 Å². The molecule has 0 amide bonds. The van der Waals surface area contributed by atoms with Gasteiger partial charge in [0.2, 0.25) is 0 Å². The van der Waals surface area contributed by atoms with E-state index in [4.69, 9.17) is 5.73 Å². The van der Waals surface area contributed by atoms with Gasteiger partial charge >= 0.3 is 0 Å². The molecule has 16 heavy (non-hydrogen) atoms. The molecule has 0 aliphatic heterocycles. The molecule has 0 saturated heterocycles. The van der Waals surface area contributed by atoms with Crippen LogP contribution in [0.25, 0.3) is 0 Å². The van der Waals surface area contributed by atoms with Crippen LogP contribution in [0.5, 0.6) is 0 Å². The maximum atomic E-state index is 5.92. The first kappa shape index (κ1) is 13.6. The Kier molecular flexibility index (Phi) is 5.88. The highest BCUT2D eigenvalue weighted by atomic mass is 79.9. The molecule has 0 aromatic carbocycles. The number of nitrogens with zero attached hydrogens (tertiary/aromatic N) is 2. The largest absolute Gasteiger partial charge is 0.383 e. The molecule has 0 bridgehead atoms. The molecule has 1 aromatic heterocycles. The second kappa shape index (κ2) is 6.94. The number of aromatic nitrogens is 2. The minimum absolute atomic E-state index is 0.756. The quantitative estimate of drug-likeness (QED) is 0.773. The van der Waals surface area contributed by atoms with E-state index in [1.54, 1.807) is 0 Å². The van der Waals surface area contributed by atoms with Gasteiger partial charge in [0.15, 0.2) is 0 Å². The zero-order valence-electron chi connectivity index (χ0n) is 10.3. The van der Waals surface area contributed by atoms with Crippen molar-refractivity contribution in [1.82, 2.24) is 9.78 Å². The number of nitrogen functional groups attached to an aromatic ring is 1. The number of halogens is 1. The van der Waals surface area contributed by atoms with E-state index < -0.39 is 0 Å². The van der Waals surface area contributed by atoms with Gasteiger partial charge < -0.3 is 5.73 Å². The lowest BCUT2D eigenvalue weighted by Gasteiger charge is -2.04. The van der Waals surface area contributed by atoms with Crippen molar-refractivity contribution in [2.75, 3.05) is 5.73 Å². The summed E-state index contributed by atoms with van der Waals surface area (Å²) in [7, 11) is 0. The zero-order valence-corrected chi connectivity index (χ0v) is 11.9. The Labute approximate surface area is 107 Å². The highest BCUT2D eigenvalue weighted by molar-refractivity contribution is 9.10. The molecule has 1 rings (SSSR count). The van der Waals surface area contributed by atoms with Gasteiger partial charge in [-0.05, 0) is 29.3 Å². The highest BCUT2D eigenvalue weighted by Crippen LogP contribution is 2.23. The summed E-state index contributed by atoms with van der Waals surface area (Å²) >= 11 is 3.43. The smallest absolute Gasteiger partial charge is 0.136 e. The van der Waals surface area contributed by atoms with Gasteiger partial charge in [0.05, 0.1) is 10.2 Å². The minimum atomic E-state index is 0.756. The fourth-order valence-corrected chi connectivity index (χ4v) is 2.07. The van der Waals surface area contributed by atoms with Crippen LogP contribution in [0.4, 0.5) is 5.82 Å². The molecule has 0 radical (unpaired) electrons. The fraction of sp³-hybridized carbons (Fsp3) is 0.750. The van der Waals surface area contributed by atoms with Crippen LogP contribution in [0.1, 0.15) is 51.1 Å². The average molecular weight is 288 g/mol. The molecule has 3 nitrogen and oxygen atoms in total. The molecule has 0 aliphatic carbocycles. The SMILES string of the molecule is CCCCCCCCn1nc(C)c(Br)c1N. The predicted octanol–water partition coefficient (Wildman–Crippen LogP) is 3.90. The maximum absolute atomic E-state index is 5.92. The lowest BCUT2D eigenvalue weighted by molar-refractivity contribution is 0.530. The summed E-state index contributed by atoms with van der Waals surface area (Å²) in [4.78, 5) is 0. The number of anilines is 1. The molecule has 0 fully saturated rings. The Bertz CT molecular complexity index is 320. The summed E-state index contributed by atoms with van der Waals surface area (Å²) in [5.41, 5.74) is 6.89. The Balaban J connectivity index is 2.24.